The highest BCUT2D eigenvalue weighted by atomic mass is 16.5. The summed E-state index contributed by atoms with van der Waals surface area (Å²) in [7, 11) is 0. The molecule has 0 aromatic rings. The van der Waals surface area contributed by atoms with Gasteiger partial charge in [0.05, 0.1) is 12.2 Å². The second-order valence-corrected chi connectivity index (χ2v) is 11.7. The molecule has 3 aliphatic carbocycles. The highest BCUT2D eigenvalue weighted by Crippen LogP contribution is 2.63. The van der Waals surface area contributed by atoms with Crippen LogP contribution in [0.4, 0.5) is 0 Å². The van der Waals surface area contributed by atoms with Crippen LogP contribution in [0.15, 0.2) is 12.2 Å². The third-order valence-corrected chi connectivity index (χ3v) is 10.00. The van der Waals surface area contributed by atoms with E-state index in [1.165, 1.54) is 51.4 Å². The second-order valence-electron chi connectivity index (χ2n) is 11.7. The first-order valence-electron chi connectivity index (χ1n) is 12.8. The summed E-state index contributed by atoms with van der Waals surface area (Å²) in [6.07, 6.45) is 17.6. The van der Waals surface area contributed by atoms with Crippen LogP contribution in [0.3, 0.4) is 0 Å². The Kier molecular flexibility index (Phi) is 6.81. The minimum Gasteiger partial charge on any atom is -0.393 e. The van der Waals surface area contributed by atoms with Crippen molar-refractivity contribution in [3.05, 3.63) is 12.2 Å². The van der Waals surface area contributed by atoms with Crippen LogP contribution in [0, 0.1) is 46.8 Å². The summed E-state index contributed by atoms with van der Waals surface area (Å²) in [6.45, 7) is 11.0. The van der Waals surface area contributed by atoms with E-state index in [0.29, 0.717) is 17.4 Å². The van der Waals surface area contributed by atoms with Gasteiger partial charge in [0.2, 0.25) is 0 Å². The third kappa shape index (κ3) is 4.36. The molecule has 4 rings (SSSR count). The molecule has 1 aliphatic heterocycles. The molecule has 166 valence electrons. The molecule has 0 amide bonds. The van der Waals surface area contributed by atoms with Gasteiger partial charge in [-0.2, -0.15) is 0 Å². The van der Waals surface area contributed by atoms with Gasteiger partial charge in [0.15, 0.2) is 0 Å². The Balaban J connectivity index is 1.51. The molecule has 0 bridgehead atoms. The standard InChI is InChI=1S/C27H46O2/c1-18-9-14-26(29-17-18)20(3)24-12-13-25-23-8-6-5-7-21(28)11-10-19(2)22(23)15-16-27(24,25)4/h5-6,18-26,28H,7-17H2,1-4H3/b6-5+/t18?,19-,20-,21?,22+,23+,24?,25-,26+,27+/m0/s1. The maximum atomic E-state index is 10.2. The van der Waals surface area contributed by atoms with Gasteiger partial charge in [-0.05, 0) is 111 Å². The number of hydrogen-bond donors (Lipinski definition) is 1. The van der Waals surface area contributed by atoms with Crippen molar-refractivity contribution in [1.82, 2.24) is 0 Å². The molecule has 2 heteroatoms. The Bertz CT molecular complexity index is 563. The summed E-state index contributed by atoms with van der Waals surface area (Å²) < 4.78 is 6.35. The molecule has 4 aliphatic rings. The lowest BCUT2D eigenvalue weighted by Gasteiger charge is -2.52. The summed E-state index contributed by atoms with van der Waals surface area (Å²) >= 11 is 0. The van der Waals surface area contributed by atoms with Crippen LogP contribution in [0.2, 0.25) is 0 Å². The van der Waals surface area contributed by atoms with Crippen LogP contribution in [-0.2, 0) is 4.74 Å². The second kappa shape index (κ2) is 9.03. The number of ether oxygens (including phenoxy) is 1. The fraction of sp³-hybridized carbons (Fsp3) is 0.926. The van der Waals surface area contributed by atoms with Crippen LogP contribution in [-0.4, -0.2) is 23.9 Å². The van der Waals surface area contributed by atoms with E-state index in [4.69, 9.17) is 4.74 Å². The zero-order valence-electron chi connectivity index (χ0n) is 19.5. The largest absolute Gasteiger partial charge is 0.393 e. The summed E-state index contributed by atoms with van der Waals surface area (Å²) in [6, 6.07) is 0. The van der Waals surface area contributed by atoms with Crippen LogP contribution in [0.25, 0.3) is 0 Å². The SMILES string of the molecule is CC1CC[C@H]([C@@H](C)C2CC[C@H]3[C@@H]4C/C=C/CC(O)CC[C@H](C)[C@H]4CC[C@]23C)OC1. The van der Waals surface area contributed by atoms with Gasteiger partial charge in [0.1, 0.15) is 0 Å². The molecule has 1 saturated heterocycles. The van der Waals surface area contributed by atoms with E-state index < -0.39 is 0 Å². The van der Waals surface area contributed by atoms with Crippen molar-refractivity contribution in [2.45, 2.75) is 104 Å². The smallest absolute Gasteiger partial charge is 0.0603 e. The molecule has 0 spiro atoms. The Morgan fingerprint density at radius 1 is 0.931 bits per heavy atom. The number of rotatable bonds is 2. The van der Waals surface area contributed by atoms with Crippen LogP contribution >= 0.6 is 0 Å². The molecule has 3 unspecified atom stereocenters. The van der Waals surface area contributed by atoms with E-state index in [0.717, 1.165) is 55.0 Å². The average molecular weight is 403 g/mol. The first-order valence-corrected chi connectivity index (χ1v) is 12.8. The maximum absolute atomic E-state index is 10.2. The minimum absolute atomic E-state index is 0.131. The third-order valence-electron chi connectivity index (χ3n) is 10.00. The quantitative estimate of drug-likeness (QED) is 0.526. The van der Waals surface area contributed by atoms with Crippen molar-refractivity contribution in [2.75, 3.05) is 6.61 Å². The summed E-state index contributed by atoms with van der Waals surface area (Å²) in [5.41, 5.74) is 0.504. The van der Waals surface area contributed by atoms with Gasteiger partial charge < -0.3 is 9.84 Å². The molecule has 2 saturated carbocycles. The number of allylic oxidation sites excluding steroid dienone is 1. The zero-order valence-corrected chi connectivity index (χ0v) is 19.5. The lowest BCUT2D eigenvalue weighted by Crippen LogP contribution is -2.46. The number of fused-ring (bicyclic) bond motifs is 3. The molecular weight excluding hydrogens is 356 g/mol. The van der Waals surface area contributed by atoms with Gasteiger partial charge in [-0.1, -0.05) is 39.8 Å². The van der Waals surface area contributed by atoms with E-state index in [1.54, 1.807) is 0 Å². The van der Waals surface area contributed by atoms with Crippen molar-refractivity contribution < 1.29 is 9.84 Å². The lowest BCUT2D eigenvalue weighted by atomic mass is 9.53. The van der Waals surface area contributed by atoms with E-state index in [9.17, 15) is 5.11 Å². The van der Waals surface area contributed by atoms with Gasteiger partial charge in [-0.25, -0.2) is 0 Å². The zero-order chi connectivity index (χ0) is 20.6. The van der Waals surface area contributed by atoms with Gasteiger partial charge in [0, 0.05) is 6.61 Å². The number of aliphatic hydroxyl groups is 1. The molecule has 0 aromatic carbocycles. The molecule has 10 atom stereocenters. The average Bonchev–Trinajstić information content (AvgIpc) is 3.06. The first-order chi connectivity index (χ1) is 13.9. The van der Waals surface area contributed by atoms with Crippen molar-refractivity contribution >= 4 is 0 Å². The summed E-state index contributed by atoms with van der Waals surface area (Å²) in [5.74, 6) is 5.62. The van der Waals surface area contributed by atoms with Crippen molar-refractivity contribution in [3.8, 4) is 0 Å². The van der Waals surface area contributed by atoms with Crippen molar-refractivity contribution in [2.24, 2.45) is 46.8 Å². The van der Waals surface area contributed by atoms with Crippen molar-refractivity contribution in [3.63, 3.8) is 0 Å². The van der Waals surface area contributed by atoms with E-state index >= 15 is 0 Å². The summed E-state index contributed by atoms with van der Waals surface area (Å²) in [4.78, 5) is 0. The predicted molar refractivity (Wildman–Crippen MR) is 121 cm³/mol. The maximum Gasteiger partial charge on any atom is 0.0603 e. The predicted octanol–water partition coefficient (Wildman–Crippen LogP) is 6.62. The molecule has 29 heavy (non-hydrogen) atoms. The summed E-state index contributed by atoms with van der Waals surface area (Å²) in [5, 5.41) is 10.2. The van der Waals surface area contributed by atoms with E-state index in [-0.39, 0.29) is 6.10 Å². The van der Waals surface area contributed by atoms with Crippen molar-refractivity contribution in [1.29, 1.82) is 0 Å². The topological polar surface area (TPSA) is 29.5 Å². The minimum atomic E-state index is -0.131. The highest BCUT2D eigenvalue weighted by Gasteiger charge is 2.56. The molecule has 0 aromatic heterocycles. The van der Waals surface area contributed by atoms with Crippen LogP contribution < -0.4 is 0 Å². The van der Waals surface area contributed by atoms with E-state index in [1.807, 2.05) is 0 Å². The first kappa shape index (κ1) is 21.9. The fourth-order valence-electron chi connectivity index (χ4n) is 8.14. The normalized spacial score (nSPS) is 50.9. The molecule has 2 nitrogen and oxygen atoms in total. The number of aliphatic hydroxyl groups excluding tert-OH is 1. The van der Waals surface area contributed by atoms with E-state index in [2.05, 4.69) is 39.8 Å². The monoisotopic (exact) mass is 402 g/mol. The van der Waals surface area contributed by atoms with Crippen LogP contribution in [0.1, 0.15) is 91.9 Å². The van der Waals surface area contributed by atoms with Gasteiger partial charge in [-0.3, -0.25) is 0 Å². The molecule has 0 radical (unpaired) electrons. The Morgan fingerprint density at radius 2 is 1.72 bits per heavy atom. The lowest BCUT2D eigenvalue weighted by molar-refractivity contribution is -0.0841. The number of hydrogen-bond acceptors (Lipinski definition) is 2. The Labute approximate surface area is 179 Å². The van der Waals surface area contributed by atoms with Gasteiger partial charge in [-0.15, -0.1) is 0 Å². The molecule has 3 fully saturated rings. The Morgan fingerprint density at radius 3 is 2.48 bits per heavy atom. The van der Waals surface area contributed by atoms with Crippen LogP contribution in [0.5, 0.6) is 0 Å². The molecular formula is C27H46O2. The highest BCUT2D eigenvalue weighted by molar-refractivity contribution is 5.06. The fourth-order valence-corrected chi connectivity index (χ4v) is 8.14. The van der Waals surface area contributed by atoms with Gasteiger partial charge in [0.25, 0.3) is 0 Å². The van der Waals surface area contributed by atoms with Gasteiger partial charge >= 0.3 is 0 Å². The molecule has 1 N–H and O–H groups in total. The Hall–Kier alpha value is -0.340. The molecule has 1 heterocycles.